The van der Waals surface area contributed by atoms with Crippen LogP contribution in [-0.2, 0) is 19.9 Å². The second-order valence-corrected chi connectivity index (χ2v) is 6.61. The number of aryl methyl sites for hydroxylation is 2. The number of nitrogens with zero attached hydrogens (tertiary/aromatic N) is 2. The molecule has 0 aliphatic heterocycles. The van der Waals surface area contributed by atoms with E-state index < -0.39 is 0 Å². The van der Waals surface area contributed by atoms with E-state index in [0.29, 0.717) is 5.92 Å². The monoisotopic (exact) mass is 418 g/mol. The highest BCUT2D eigenvalue weighted by atomic mass is 79.9. The van der Waals surface area contributed by atoms with E-state index in [1.807, 2.05) is 29.9 Å². The predicted molar refractivity (Wildman–Crippen MR) is 92.0 cm³/mol. The number of rotatable bonds is 5. The average molecular weight is 421 g/mol. The van der Waals surface area contributed by atoms with Crippen molar-refractivity contribution in [3.8, 4) is 0 Å². The zero-order valence-electron chi connectivity index (χ0n) is 11.5. The number of hydrogen-bond acceptors (Lipinski definition) is 1. The molecule has 1 unspecified atom stereocenters. The molecule has 0 bridgehead atoms. The molecule has 0 saturated heterocycles. The topological polar surface area (TPSA) is 17.8 Å². The van der Waals surface area contributed by atoms with Gasteiger partial charge >= 0.3 is 0 Å². The summed E-state index contributed by atoms with van der Waals surface area (Å²) in [6.45, 7) is 2.12. The van der Waals surface area contributed by atoms with E-state index >= 15 is 0 Å². The first-order valence-electron chi connectivity index (χ1n) is 6.59. The van der Waals surface area contributed by atoms with Gasteiger partial charge in [0, 0.05) is 23.3 Å². The van der Waals surface area contributed by atoms with Crippen molar-refractivity contribution in [2.75, 3.05) is 5.33 Å². The van der Waals surface area contributed by atoms with Crippen LogP contribution >= 0.6 is 43.5 Å². The summed E-state index contributed by atoms with van der Waals surface area (Å²) >= 11 is 13.6. The first kappa shape index (κ1) is 16.1. The van der Waals surface area contributed by atoms with Gasteiger partial charge in [-0.05, 0) is 40.4 Å². The van der Waals surface area contributed by atoms with Gasteiger partial charge in [0.15, 0.2) is 0 Å². The number of halogens is 3. The minimum absolute atomic E-state index is 0.333. The second kappa shape index (κ2) is 7.10. The lowest BCUT2D eigenvalue weighted by Gasteiger charge is -2.16. The van der Waals surface area contributed by atoms with Crippen molar-refractivity contribution in [1.29, 1.82) is 0 Å². The highest BCUT2D eigenvalue weighted by Crippen LogP contribution is 2.32. The molecule has 0 aliphatic carbocycles. The van der Waals surface area contributed by atoms with Crippen LogP contribution in [0.25, 0.3) is 0 Å². The SMILES string of the molecule is CCc1nn(C)c(CC(CBr)c2ccccc2Cl)c1Br. The van der Waals surface area contributed by atoms with Crippen molar-refractivity contribution in [2.24, 2.45) is 7.05 Å². The van der Waals surface area contributed by atoms with Crippen molar-refractivity contribution >= 4 is 43.5 Å². The Labute approximate surface area is 141 Å². The molecule has 0 spiro atoms. The summed E-state index contributed by atoms with van der Waals surface area (Å²) in [4.78, 5) is 0. The lowest BCUT2D eigenvalue weighted by atomic mass is 9.96. The van der Waals surface area contributed by atoms with E-state index in [4.69, 9.17) is 11.6 Å². The van der Waals surface area contributed by atoms with Crippen LogP contribution in [0.4, 0.5) is 0 Å². The summed E-state index contributed by atoms with van der Waals surface area (Å²) in [7, 11) is 2.00. The third kappa shape index (κ3) is 3.29. The van der Waals surface area contributed by atoms with Gasteiger partial charge in [0.1, 0.15) is 0 Å². The zero-order valence-corrected chi connectivity index (χ0v) is 15.5. The molecule has 0 saturated carbocycles. The number of benzene rings is 1. The number of aromatic nitrogens is 2. The third-order valence-corrected chi connectivity index (χ3v) is 5.52. The standard InChI is InChI=1S/C15H17Br2ClN2/c1-3-13-15(17)14(20(2)19-13)8-10(9-16)11-6-4-5-7-12(11)18/h4-7,10H,3,8-9H2,1-2H3. The van der Waals surface area contributed by atoms with E-state index in [9.17, 15) is 0 Å². The molecule has 1 aromatic carbocycles. The van der Waals surface area contributed by atoms with Crippen molar-refractivity contribution in [1.82, 2.24) is 9.78 Å². The van der Waals surface area contributed by atoms with E-state index in [-0.39, 0.29) is 0 Å². The fourth-order valence-corrected chi connectivity index (χ4v) is 3.97. The van der Waals surface area contributed by atoms with Crippen LogP contribution in [0.5, 0.6) is 0 Å². The highest BCUT2D eigenvalue weighted by molar-refractivity contribution is 9.10. The first-order valence-corrected chi connectivity index (χ1v) is 8.88. The average Bonchev–Trinajstić information content (AvgIpc) is 2.72. The van der Waals surface area contributed by atoms with E-state index in [1.165, 1.54) is 11.3 Å². The van der Waals surface area contributed by atoms with Gasteiger partial charge in [0.05, 0.1) is 15.9 Å². The molecule has 0 radical (unpaired) electrons. The van der Waals surface area contributed by atoms with Crippen LogP contribution < -0.4 is 0 Å². The predicted octanol–water partition coefficient (Wildman–Crippen LogP) is 5.12. The molecule has 5 heteroatoms. The first-order chi connectivity index (χ1) is 9.58. The molecule has 1 heterocycles. The van der Waals surface area contributed by atoms with Gasteiger partial charge in [-0.1, -0.05) is 52.7 Å². The van der Waals surface area contributed by atoms with Gasteiger partial charge in [-0.3, -0.25) is 4.68 Å². The summed E-state index contributed by atoms with van der Waals surface area (Å²) in [5.74, 6) is 0.333. The van der Waals surface area contributed by atoms with Gasteiger partial charge < -0.3 is 0 Å². The van der Waals surface area contributed by atoms with Crippen molar-refractivity contribution in [2.45, 2.75) is 25.7 Å². The van der Waals surface area contributed by atoms with Gasteiger partial charge in [-0.15, -0.1) is 0 Å². The fourth-order valence-electron chi connectivity index (χ4n) is 2.33. The van der Waals surface area contributed by atoms with Crippen molar-refractivity contribution in [3.05, 3.63) is 50.7 Å². The lowest BCUT2D eigenvalue weighted by Crippen LogP contribution is -2.09. The molecular formula is C15H17Br2ClN2. The molecule has 20 heavy (non-hydrogen) atoms. The largest absolute Gasteiger partial charge is 0.271 e. The molecule has 0 fully saturated rings. The Kier molecular flexibility index (Phi) is 5.70. The van der Waals surface area contributed by atoms with Gasteiger partial charge in [-0.2, -0.15) is 5.10 Å². The zero-order chi connectivity index (χ0) is 14.7. The van der Waals surface area contributed by atoms with Gasteiger partial charge in [-0.25, -0.2) is 0 Å². The molecule has 0 amide bonds. The van der Waals surface area contributed by atoms with Crippen molar-refractivity contribution < 1.29 is 0 Å². The quantitative estimate of drug-likeness (QED) is 0.614. The molecular weight excluding hydrogens is 403 g/mol. The Morgan fingerprint density at radius 3 is 2.60 bits per heavy atom. The van der Waals surface area contributed by atoms with E-state index in [0.717, 1.165) is 33.4 Å². The maximum absolute atomic E-state index is 6.32. The number of alkyl halides is 1. The van der Waals surface area contributed by atoms with Crippen LogP contribution in [-0.4, -0.2) is 15.1 Å². The highest BCUT2D eigenvalue weighted by Gasteiger charge is 2.19. The third-order valence-electron chi connectivity index (χ3n) is 3.47. The normalized spacial score (nSPS) is 12.7. The molecule has 2 rings (SSSR count). The minimum atomic E-state index is 0.333. The second-order valence-electron chi connectivity index (χ2n) is 4.76. The van der Waals surface area contributed by atoms with Crippen LogP contribution in [0.3, 0.4) is 0 Å². The Bertz CT molecular complexity index is 596. The summed E-state index contributed by atoms with van der Waals surface area (Å²) in [5, 5.41) is 6.25. The van der Waals surface area contributed by atoms with Crippen molar-refractivity contribution in [3.63, 3.8) is 0 Å². The molecule has 1 aromatic heterocycles. The maximum atomic E-state index is 6.32. The fraction of sp³-hybridized carbons (Fsp3) is 0.400. The Hall–Kier alpha value is -0.320. The maximum Gasteiger partial charge on any atom is 0.0766 e. The van der Waals surface area contributed by atoms with Crippen LogP contribution in [0.15, 0.2) is 28.7 Å². The number of hydrogen-bond donors (Lipinski definition) is 0. The van der Waals surface area contributed by atoms with Crippen LogP contribution in [0.1, 0.15) is 29.8 Å². The van der Waals surface area contributed by atoms with E-state index in [1.54, 1.807) is 0 Å². The molecule has 0 aliphatic rings. The van der Waals surface area contributed by atoms with E-state index in [2.05, 4.69) is 49.9 Å². The Morgan fingerprint density at radius 2 is 2.05 bits per heavy atom. The molecule has 2 aromatic rings. The molecule has 1 atom stereocenters. The van der Waals surface area contributed by atoms with Gasteiger partial charge in [0.25, 0.3) is 0 Å². The Balaban J connectivity index is 2.32. The summed E-state index contributed by atoms with van der Waals surface area (Å²) < 4.78 is 3.09. The lowest BCUT2D eigenvalue weighted by molar-refractivity contribution is 0.657. The van der Waals surface area contributed by atoms with Gasteiger partial charge in [0.2, 0.25) is 0 Å². The Morgan fingerprint density at radius 1 is 1.35 bits per heavy atom. The molecule has 2 nitrogen and oxygen atoms in total. The van der Waals surface area contributed by atoms with Crippen LogP contribution in [0, 0.1) is 0 Å². The molecule has 0 N–H and O–H groups in total. The minimum Gasteiger partial charge on any atom is -0.271 e. The smallest absolute Gasteiger partial charge is 0.0766 e. The summed E-state index contributed by atoms with van der Waals surface area (Å²) in [6.07, 6.45) is 1.83. The molecule has 108 valence electrons. The summed E-state index contributed by atoms with van der Waals surface area (Å²) in [6, 6.07) is 8.04. The van der Waals surface area contributed by atoms with Crippen LogP contribution in [0.2, 0.25) is 5.02 Å². The summed E-state index contributed by atoms with van der Waals surface area (Å²) in [5.41, 5.74) is 3.50.